The number of hydrogen-bond acceptors (Lipinski definition) is 2. The van der Waals surface area contributed by atoms with Crippen LogP contribution in [0.5, 0.6) is 0 Å². The van der Waals surface area contributed by atoms with E-state index in [1.54, 1.807) is 0 Å². The normalized spacial score (nSPS) is 12.0. The molecule has 19 rings (SSSR count). The highest BCUT2D eigenvalue weighted by atomic mass is 16.3. The Balaban J connectivity index is 0.875. The average molecular weight is 1210 g/mol. The molecule has 0 N–H and O–H groups in total. The van der Waals surface area contributed by atoms with Crippen molar-refractivity contribution in [3.63, 3.8) is 0 Å². The van der Waals surface area contributed by atoms with Gasteiger partial charge in [0.15, 0.2) is 0 Å². The first-order valence-electron chi connectivity index (χ1n) is 32.6. The Kier molecular flexibility index (Phi) is 12.5. The van der Waals surface area contributed by atoms with Crippen molar-refractivity contribution >= 4 is 87.5 Å². The van der Waals surface area contributed by atoms with Gasteiger partial charge in [0.25, 0.3) is 0 Å². The lowest BCUT2D eigenvalue weighted by molar-refractivity contribution is 0.668. The Bertz CT molecular complexity index is 5940. The molecule has 19 aromatic rings. The van der Waals surface area contributed by atoms with E-state index < -0.39 is 5.41 Å². The van der Waals surface area contributed by atoms with Crippen LogP contribution in [0.3, 0.4) is 0 Å². The molecule has 0 unspecified atom stereocenters. The molecule has 0 aliphatic heterocycles. The lowest BCUT2D eigenvalue weighted by atomic mass is 9.65. The summed E-state index contributed by atoms with van der Waals surface area (Å²) < 4.78 is 18.1. The highest BCUT2D eigenvalue weighted by Gasteiger charge is 2.39. The molecule has 0 radical (unpaired) electrons. The van der Waals surface area contributed by atoms with Crippen molar-refractivity contribution in [2.45, 2.75) is 5.41 Å². The summed E-state index contributed by atoms with van der Waals surface area (Å²) in [4.78, 5) is 0. The second-order valence-electron chi connectivity index (χ2n) is 24.9. The molecular weight excluding hydrogens is 1150 g/mol. The highest BCUT2D eigenvalue weighted by Crippen LogP contribution is 2.51. The first-order valence-corrected chi connectivity index (χ1v) is 32.6. The molecule has 4 heterocycles. The second kappa shape index (κ2) is 21.8. The van der Waals surface area contributed by atoms with Gasteiger partial charge in [0, 0.05) is 54.5 Å². The number of nitrogens with zero attached hydrogens (tertiary/aromatic N) is 2. The SMILES string of the molecule is c1ccc(-n2c3ccc(-n4c5ccccc5c5ccc(-c6c(-c7ccccc7-c7cccc8oc9ccccc9c78)cccc6-c6ccccc6-c6cccc7oc8ccccc8c67)cc54)cc3c3cc(C(c4ccccc4)(c4ccccc4)c4ccccc4)ccc32)cc1. The summed E-state index contributed by atoms with van der Waals surface area (Å²) in [6.45, 7) is 0. The van der Waals surface area contributed by atoms with Gasteiger partial charge in [0.2, 0.25) is 0 Å². The van der Waals surface area contributed by atoms with E-state index >= 15 is 0 Å². The van der Waals surface area contributed by atoms with Crippen LogP contribution in [0, 0.1) is 0 Å². The topological polar surface area (TPSA) is 36.1 Å². The van der Waals surface area contributed by atoms with Gasteiger partial charge in [-0.25, -0.2) is 0 Å². The molecule has 4 aromatic heterocycles. The Morgan fingerprint density at radius 2 is 0.600 bits per heavy atom. The van der Waals surface area contributed by atoms with Crippen LogP contribution in [0.1, 0.15) is 22.3 Å². The van der Waals surface area contributed by atoms with Crippen LogP contribution in [-0.2, 0) is 5.41 Å². The van der Waals surface area contributed by atoms with Gasteiger partial charge < -0.3 is 18.0 Å². The van der Waals surface area contributed by atoms with E-state index in [9.17, 15) is 0 Å². The molecule has 15 aromatic carbocycles. The van der Waals surface area contributed by atoms with E-state index in [-0.39, 0.29) is 0 Å². The van der Waals surface area contributed by atoms with Crippen molar-refractivity contribution in [2.24, 2.45) is 0 Å². The van der Waals surface area contributed by atoms with Crippen LogP contribution in [-0.4, -0.2) is 9.13 Å². The van der Waals surface area contributed by atoms with Crippen LogP contribution < -0.4 is 0 Å². The minimum absolute atomic E-state index is 0.641. The van der Waals surface area contributed by atoms with Crippen molar-refractivity contribution in [3.05, 3.63) is 374 Å². The summed E-state index contributed by atoms with van der Waals surface area (Å²) in [5.74, 6) is 0. The van der Waals surface area contributed by atoms with Gasteiger partial charge in [0.1, 0.15) is 22.3 Å². The van der Waals surface area contributed by atoms with Crippen molar-refractivity contribution < 1.29 is 8.83 Å². The largest absolute Gasteiger partial charge is 0.456 e. The Morgan fingerprint density at radius 3 is 1.16 bits per heavy atom. The second-order valence-corrected chi connectivity index (χ2v) is 24.9. The molecule has 0 fully saturated rings. The third-order valence-corrected chi connectivity index (χ3v) is 19.9. The zero-order valence-corrected chi connectivity index (χ0v) is 51.7. The first-order chi connectivity index (χ1) is 47.2. The number of fused-ring (bicyclic) bond motifs is 12. The van der Waals surface area contributed by atoms with Crippen molar-refractivity contribution in [3.8, 4) is 67.0 Å². The van der Waals surface area contributed by atoms with E-state index in [4.69, 9.17) is 8.83 Å². The first kappa shape index (κ1) is 54.3. The zero-order valence-electron chi connectivity index (χ0n) is 51.7. The number of para-hydroxylation sites is 4. The van der Waals surface area contributed by atoms with Crippen LogP contribution >= 0.6 is 0 Å². The molecule has 0 spiro atoms. The van der Waals surface area contributed by atoms with Crippen molar-refractivity contribution in [1.82, 2.24) is 9.13 Å². The molecule has 444 valence electrons. The van der Waals surface area contributed by atoms with Gasteiger partial charge in [0.05, 0.1) is 27.5 Å². The maximum absolute atomic E-state index is 6.57. The minimum Gasteiger partial charge on any atom is -0.456 e. The maximum atomic E-state index is 6.57. The molecule has 4 heteroatoms. The van der Waals surface area contributed by atoms with E-state index in [0.29, 0.717) is 0 Å². The van der Waals surface area contributed by atoms with E-state index in [0.717, 1.165) is 138 Å². The third kappa shape index (κ3) is 8.41. The standard InChI is InChI=1S/C91H58N2O2/c1-5-26-60(27-6-1)91(61-28-7-2-8-29-61,62-30-9-3-10-31-62)63-51-54-81-78(57-63)79-58-65(52-55-82(79)92(81)64-32-11-4-12-33-64)93-80-45-20-17-38-70(80)71-53-50-59(56-83(71)93)88-72(66-34-13-15-36-68(66)74-43-24-48-86-89(74)76-39-18-21-46-84(76)94-86)41-23-42-73(88)67-35-14-16-37-69(67)75-44-25-49-87-90(75)77-40-19-22-47-85(77)95-87/h1-58H. The molecule has 0 amide bonds. The van der Waals surface area contributed by atoms with E-state index in [2.05, 4.69) is 349 Å². The van der Waals surface area contributed by atoms with Crippen LogP contribution in [0.25, 0.3) is 154 Å². The third-order valence-electron chi connectivity index (χ3n) is 19.9. The fourth-order valence-corrected chi connectivity index (χ4v) is 15.9. The van der Waals surface area contributed by atoms with Crippen molar-refractivity contribution in [1.29, 1.82) is 0 Å². The Labute approximate surface area is 548 Å². The van der Waals surface area contributed by atoms with Gasteiger partial charge in [-0.05, 0) is 157 Å². The summed E-state index contributed by atoms with van der Waals surface area (Å²) in [5.41, 5.74) is 25.5. The monoisotopic (exact) mass is 1210 g/mol. The van der Waals surface area contributed by atoms with Gasteiger partial charge in [-0.15, -0.1) is 0 Å². The maximum Gasteiger partial charge on any atom is 0.136 e. The van der Waals surface area contributed by atoms with E-state index in [1.807, 2.05) is 12.1 Å². The van der Waals surface area contributed by atoms with Crippen LogP contribution in [0.2, 0.25) is 0 Å². The lowest BCUT2D eigenvalue weighted by Gasteiger charge is -2.37. The molecule has 0 aliphatic carbocycles. The fourth-order valence-electron chi connectivity index (χ4n) is 15.9. The summed E-state index contributed by atoms with van der Waals surface area (Å²) >= 11 is 0. The summed E-state index contributed by atoms with van der Waals surface area (Å²) in [6.07, 6.45) is 0. The molecule has 95 heavy (non-hydrogen) atoms. The number of hydrogen-bond donors (Lipinski definition) is 0. The number of aromatic nitrogens is 2. The molecule has 0 bridgehead atoms. The molecule has 4 nitrogen and oxygen atoms in total. The van der Waals surface area contributed by atoms with Gasteiger partial charge in [-0.2, -0.15) is 0 Å². The van der Waals surface area contributed by atoms with Crippen LogP contribution in [0.4, 0.5) is 0 Å². The predicted molar refractivity (Wildman–Crippen MR) is 395 cm³/mol. The lowest BCUT2D eigenvalue weighted by Crippen LogP contribution is -2.30. The summed E-state index contributed by atoms with van der Waals surface area (Å²) in [5, 5.41) is 9.10. The zero-order chi connectivity index (χ0) is 62.6. The number of rotatable bonds is 11. The Hall–Kier alpha value is -12.5. The van der Waals surface area contributed by atoms with E-state index in [1.165, 1.54) is 38.4 Å². The molecule has 0 aliphatic rings. The smallest absolute Gasteiger partial charge is 0.136 e. The quantitative estimate of drug-likeness (QED) is 0.121. The molecular formula is C91H58N2O2. The van der Waals surface area contributed by atoms with Gasteiger partial charge in [-0.3, -0.25) is 0 Å². The summed E-state index contributed by atoms with van der Waals surface area (Å²) in [7, 11) is 0. The Morgan fingerprint density at radius 1 is 0.211 bits per heavy atom. The van der Waals surface area contributed by atoms with Gasteiger partial charge in [-0.1, -0.05) is 273 Å². The van der Waals surface area contributed by atoms with Crippen molar-refractivity contribution in [2.75, 3.05) is 0 Å². The minimum atomic E-state index is -0.641. The number of furan rings is 2. The highest BCUT2D eigenvalue weighted by molar-refractivity contribution is 6.18. The van der Waals surface area contributed by atoms with Crippen LogP contribution in [0.15, 0.2) is 361 Å². The summed E-state index contributed by atoms with van der Waals surface area (Å²) in [6, 6.07) is 129. The molecule has 0 atom stereocenters. The molecule has 0 saturated carbocycles. The fraction of sp³-hybridized carbons (Fsp3) is 0.0110. The number of benzene rings is 15. The average Bonchev–Trinajstić information content (AvgIpc) is 1.70. The molecule has 0 saturated heterocycles. The predicted octanol–water partition coefficient (Wildman–Crippen LogP) is 24.4. The van der Waals surface area contributed by atoms with Gasteiger partial charge >= 0.3 is 0 Å².